The molecule has 240 valence electrons. The molecule has 0 saturated carbocycles. The predicted molar refractivity (Wildman–Crippen MR) is 185 cm³/mol. The maximum atomic E-state index is 14.8. The van der Waals surface area contributed by atoms with Gasteiger partial charge >= 0.3 is 0 Å². The summed E-state index contributed by atoms with van der Waals surface area (Å²) in [5.41, 5.74) is 4.93. The minimum Gasteiger partial charge on any atom is -0.289 e. The number of nitrogens with zero attached hydrogens (tertiary/aromatic N) is 5. The molecule has 0 bridgehead atoms. The third-order valence-corrected chi connectivity index (χ3v) is 8.27. The summed E-state index contributed by atoms with van der Waals surface area (Å²) in [6, 6.07) is 29.5. The molecule has 2 aromatic heterocycles. The van der Waals surface area contributed by atoms with Crippen molar-refractivity contribution in [1.82, 2.24) is 14.8 Å². The van der Waals surface area contributed by atoms with Crippen molar-refractivity contribution in [2.24, 2.45) is 13.0 Å². The van der Waals surface area contributed by atoms with Gasteiger partial charge in [0.15, 0.2) is 11.6 Å². The lowest BCUT2D eigenvalue weighted by atomic mass is 9.94. The van der Waals surface area contributed by atoms with Gasteiger partial charge in [-0.25, -0.2) is 5.01 Å². The van der Waals surface area contributed by atoms with Gasteiger partial charge < -0.3 is 0 Å². The van der Waals surface area contributed by atoms with Gasteiger partial charge in [0.25, 0.3) is 11.8 Å². The molecule has 2 amide bonds. The third-order valence-electron chi connectivity index (χ3n) is 8.27. The molecular formula is C39H41N5O3. The Balaban J connectivity index is 1.57. The molecule has 0 N–H and O–H groups in total. The first-order valence-corrected chi connectivity index (χ1v) is 15.9. The lowest BCUT2D eigenvalue weighted by Gasteiger charge is -2.37. The highest BCUT2D eigenvalue weighted by atomic mass is 16.2. The van der Waals surface area contributed by atoms with Crippen LogP contribution in [-0.4, -0.2) is 32.4 Å². The number of hydrogen-bond acceptors (Lipinski definition) is 5. The van der Waals surface area contributed by atoms with Crippen LogP contribution in [0.3, 0.4) is 0 Å². The monoisotopic (exact) mass is 627 g/mol. The topological polar surface area (TPSA) is 88.4 Å². The van der Waals surface area contributed by atoms with Crippen LogP contribution in [-0.2, 0) is 23.1 Å². The average Bonchev–Trinajstić information content (AvgIpc) is 3.43. The Bertz CT molecular complexity index is 1850. The van der Waals surface area contributed by atoms with Crippen LogP contribution in [0.1, 0.15) is 77.8 Å². The van der Waals surface area contributed by atoms with Gasteiger partial charge in [0.2, 0.25) is 0 Å². The van der Waals surface area contributed by atoms with Crippen LogP contribution in [0.25, 0.3) is 0 Å². The Morgan fingerprint density at radius 1 is 0.702 bits per heavy atom. The zero-order valence-electron chi connectivity index (χ0n) is 27.8. The summed E-state index contributed by atoms with van der Waals surface area (Å²) in [5, 5.41) is 7.36. The number of hydrogen-bond donors (Lipinski definition) is 0. The predicted octanol–water partition coefficient (Wildman–Crippen LogP) is 7.44. The van der Waals surface area contributed by atoms with Crippen LogP contribution < -0.4 is 10.0 Å². The first-order valence-electron chi connectivity index (χ1n) is 15.9. The van der Waals surface area contributed by atoms with E-state index in [-0.39, 0.29) is 17.6 Å². The molecular weight excluding hydrogens is 586 g/mol. The molecule has 2 atom stereocenters. The van der Waals surface area contributed by atoms with E-state index < -0.39 is 11.8 Å². The maximum absolute atomic E-state index is 14.8. The van der Waals surface area contributed by atoms with Crippen molar-refractivity contribution in [2.75, 3.05) is 10.0 Å². The summed E-state index contributed by atoms with van der Waals surface area (Å²) < 4.78 is 1.60. The second-order valence-electron chi connectivity index (χ2n) is 12.4. The zero-order valence-corrected chi connectivity index (χ0v) is 27.8. The first-order chi connectivity index (χ1) is 22.5. The number of pyridine rings is 1. The summed E-state index contributed by atoms with van der Waals surface area (Å²) in [4.78, 5) is 46.9. The fourth-order valence-corrected chi connectivity index (χ4v) is 5.71. The highest BCUT2D eigenvalue weighted by Gasteiger charge is 2.37. The third kappa shape index (κ3) is 7.38. The van der Waals surface area contributed by atoms with Crippen molar-refractivity contribution < 1.29 is 14.4 Å². The summed E-state index contributed by atoms with van der Waals surface area (Å²) in [5.74, 6) is -1.14. The molecule has 0 radical (unpaired) electrons. The van der Waals surface area contributed by atoms with Crippen LogP contribution in [0.5, 0.6) is 0 Å². The molecule has 5 aromatic rings. The van der Waals surface area contributed by atoms with Crippen molar-refractivity contribution >= 4 is 29.1 Å². The fourth-order valence-electron chi connectivity index (χ4n) is 5.71. The number of hydrazine groups is 1. The number of rotatable bonds is 10. The van der Waals surface area contributed by atoms with E-state index in [9.17, 15) is 14.4 Å². The number of aromatic nitrogens is 3. The van der Waals surface area contributed by atoms with Gasteiger partial charge in [-0.1, -0.05) is 86.6 Å². The second-order valence-corrected chi connectivity index (χ2v) is 12.4. The number of carbonyl (C=O) groups excluding carboxylic acids is 3. The minimum atomic E-state index is -0.725. The van der Waals surface area contributed by atoms with Crippen LogP contribution in [0.4, 0.5) is 11.5 Å². The van der Waals surface area contributed by atoms with Gasteiger partial charge in [-0.05, 0) is 68.0 Å². The Morgan fingerprint density at radius 3 is 1.94 bits per heavy atom. The molecule has 47 heavy (non-hydrogen) atoms. The van der Waals surface area contributed by atoms with E-state index >= 15 is 0 Å². The summed E-state index contributed by atoms with van der Waals surface area (Å²) >= 11 is 0. The fraction of sp³-hybridized carbons (Fsp3) is 0.256. The Hall–Kier alpha value is -5.37. The average molecular weight is 628 g/mol. The van der Waals surface area contributed by atoms with Gasteiger partial charge in [-0.2, -0.15) is 10.1 Å². The Labute approximate surface area is 276 Å². The van der Waals surface area contributed by atoms with Crippen molar-refractivity contribution in [3.63, 3.8) is 0 Å². The molecule has 2 heterocycles. The number of ketones is 1. The first kappa shape index (κ1) is 33.0. The van der Waals surface area contributed by atoms with E-state index in [0.717, 1.165) is 12.0 Å². The molecule has 3 aromatic carbocycles. The van der Waals surface area contributed by atoms with Gasteiger partial charge in [0.1, 0.15) is 0 Å². The molecule has 8 nitrogen and oxygen atoms in total. The number of aryl methyl sites for hydroxylation is 2. The van der Waals surface area contributed by atoms with Crippen molar-refractivity contribution in [3.05, 3.63) is 143 Å². The largest absolute Gasteiger partial charge is 0.289 e. The number of carbonyl (C=O) groups is 3. The lowest BCUT2D eigenvalue weighted by molar-refractivity contribution is -0.124. The van der Waals surface area contributed by atoms with E-state index in [1.54, 1.807) is 79.6 Å². The van der Waals surface area contributed by atoms with Gasteiger partial charge in [0, 0.05) is 36.6 Å². The van der Waals surface area contributed by atoms with E-state index in [1.165, 1.54) is 15.6 Å². The number of amides is 2. The van der Waals surface area contributed by atoms with Crippen LogP contribution in [0, 0.1) is 12.8 Å². The smallest absolute Gasteiger partial charge is 0.254 e. The highest BCUT2D eigenvalue weighted by Crippen LogP contribution is 2.32. The second kappa shape index (κ2) is 14.4. The summed E-state index contributed by atoms with van der Waals surface area (Å²) in [6.45, 7) is 9.84. The molecule has 0 aliphatic heterocycles. The van der Waals surface area contributed by atoms with Gasteiger partial charge in [-0.15, -0.1) is 0 Å². The standard InChI is InChI=1S/C39H41N5O3/c1-26(2)23-30-15-17-31(18-16-30)28(4)38(46)43(35-19-21-40-22-20-35)44(36-24-27(3)41-42(36)6)39(47)29(5)33-13-10-14-34(25-33)37(45)32-11-8-7-9-12-32/h7-22,24-26,28-29H,23H2,1-6H3. The zero-order chi connectivity index (χ0) is 33.7. The molecule has 0 spiro atoms. The maximum Gasteiger partial charge on any atom is 0.254 e. The SMILES string of the molecule is Cc1cc(N(C(=O)C(C)c2cccc(C(=O)c3ccccc3)c2)N(C(=O)C(C)c2ccc(CC(C)C)cc2)c2ccncc2)n(C)n1. The normalized spacial score (nSPS) is 12.4. The highest BCUT2D eigenvalue weighted by molar-refractivity contribution is 6.11. The van der Waals surface area contributed by atoms with Crippen LogP contribution in [0.15, 0.2) is 109 Å². The van der Waals surface area contributed by atoms with Gasteiger partial charge in [-0.3, -0.25) is 24.0 Å². The van der Waals surface area contributed by atoms with Crippen molar-refractivity contribution in [1.29, 1.82) is 0 Å². The molecule has 8 heteroatoms. The van der Waals surface area contributed by atoms with E-state index in [0.29, 0.717) is 39.8 Å². The lowest BCUT2D eigenvalue weighted by Crippen LogP contribution is -2.54. The van der Waals surface area contributed by atoms with E-state index in [1.807, 2.05) is 50.2 Å². The number of benzene rings is 3. The molecule has 0 saturated heterocycles. The molecule has 0 fully saturated rings. The van der Waals surface area contributed by atoms with Crippen LogP contribution >= 0.6 is 0 Å². The van der Waals surface area contributed by atoms with Crippen LogP contribution in [0.2, 0.25) is 0 Å². The molecule has 0 aliphatic rings. The Kier molecular flexibility index (Phi) is 10.1. The molecule has 0 aliphatic carbocycles. The van der Waals surface area contributed by atoms with Gasteiger partial charge in [0.05, 0.1) is 23.2 Å². The quantitative estimate of drug-likeness (QED) is 0.119. The molecule has 5 rings (SSSR count). The summed E-state index contributed by atoms with van der Waals surface area (Å²) in [6.07, 6.45) is 4.14. The summed E-state index contributed by atoms with van der Waals surface area (Å²) in [7, 11) is 1.75. The van der Waals surface area contributed by atoms with Crippen molar-refractivity contribution in [3.8, 4) is 0 Å². The van der Waals surface area contributed by atoms with Crippen molar-refractivity contribution in [2.45, 2.75) is 52.9 Å². The molecule has 2 unspecified atom stereocenters. The number of anilines is 2. The van der Waals surface area contributed by atoms with E-state index in [2.05, 4.69) is 36.1 Å². The minimum absolute atomic E-state index is 0.131. The van der Waals surface area contributed by atoms with E-state index in [4.69, 9.17) is 0 Å². The Morgan fingerprint density at radius 2 is 1.32 bits per heavy atom.